The summed E-state index contributed by atoms with van der Waals surface area (Å²) < 4.78 is 1.06. The molecule has 2 aromatic rings. The Bertz CT molecular complexity index is 731. The van der Waals surface area contributed by atoms with Crippen molar-refractivity contribution in [3.05, 3.63) is 33.1 Å². The Kier molecular flexibility index (Phi) is 8.70. The van der Waals surface area contributed by atoms with Crippen LogP contribution in [-0.2, 0) is 0 Å². The number of aromatic amines is 2. The van der Waals surface area contributed by atoms with Crippen LogP contribution in [0.5, 0.6) is 0 Å². The van der Waals surface area contributed by atoms with E-state index in [0.717, 1.165) is 49.0 Å². The molecular weight excluding hydrogens is 364 g/mol. The lowest BCUT2D eigenvalue weighted by molar-refractivity contribution is 0.609. The summed E-state index contributed by atoms with van der Waals surface area (Å²) in [7, 11) is 0. The molecule has 2 rings (SSSR count). The van der Waals surface area contributed by atoms with Gasteiger partial charge in [0.1, 0.15) is 11.6 Å². The van der Waals surface area contributed by atoms with Crippen molar-refractivity contribution in [2.24, 2.45) is 0 Å². The average Bonchev–Trinajstić information content (AvgIpc) is 2.55. The van der Waals surface area contributed by atoms with Crippen LogP contribution in [0.3, 0.4) is 0 Å². The summed E-state index contributed by atoms with van der Waals surface area (Å²) in [5.41, 5.74) is 2.06. The Hall–Kier alpha value is -1.80. The number of hydrogen-bond acceptors (Lipinski definition) is 6. The van der Waals surface area contributed by atoms with Gasteiger partial charge in [-0.1, -0.05) is 25.7 Å². The Morgan fingerprint density at radius 3 is 1.50 bits per heavy atom. The zero-order valence-corrected chi connectivity index (χ0v) is 17.2. The number of unbranched alkanes of at least 4 members (excludes halogenated alkanes) is 5. The number of aromatic nitrogens is 4. The normalized spacial score (nSPS) is 10.7. The maximum absolute atomic E-state index is 5.08. The Morgan fingerprint density at radius 1 is 0.731 bits per heavy atom. The molecule has 0 amide bonds. The number of H-pyrrole nitrogens is 2. The van der Waals surface area contributed by atoms with Crippen LogP contribution in [0.1, 0.15) is 49.9 Å². The zero-order valence-electron chi connectivity index (χ0n) is 15.5. The lowest BCUT2D eigenvalue weighted by Crippen LogP contribution is -2.05. The quantitative estimate of drug-likeness (QED) is 0.316. The van der Waals surface area contributed by atoms with Gasteiger partial charge in [-0.05, 0) is 63.3 Å². The molecule has 0 fully saturated rings. The van der Waals surface area contributed by atoms with Crippen LogP contribution in [0.4, 0.5) is 11.6 Å². The van der Waals surface area contributed by atoms with Gasteiger partial charge in [-0.25, -0.2) is 9.97 Å². The van der Waals surface area contributed by atoms with E-state index in [9.17, 15) is 0 Å². The summed E-state index contributed by atoms with van der Waals surface area (Å²) in [6.07, 6.45) is 7.28. The molecule has 0 bridgehead atoms. The lowest BCUT2D eigenvalue weighted by atomic mass is 10.1. The second kappa shape index (κ2) is 11.0. The van der Waals surface area contributed by atoms with Gasteiger partial charge in [0.25, 0.3) is 0 Å². The summed E-state index contributed by atoms with van der Waals surface area (Å²) in [4.78, 5) is 14.5. The highest BCUT2D eigenvalue weighted by atomic mass is 32.1. The van der Waals surface area contributed by atoms with Gasteiger partial charge in [-0.2, -0.15) is 0 Å². The topological polar surface area (TPSA) is 81.4 Å². The Balaban J connectivity index is 1.48. The minimum atomic E-state index is 0.532. The van der Waals surface area contributed by atoms with Gasteiger partial charge in [-0.3, -0.25) is 0 Å². The van der Waals surface area contributed by atoms with Gasteiger partial charge in [0.2, 0.25) is 0 Å². The highest BCUT2D eigenvalue weighted by Crippen LogP contribution is 2.09. The lowest BCUT2D eigenvalue weighted by Gasteiger charge is -2.07. The van der Waals surface area contributed by atoms with Gasteiger partial charge >= 0.3 is 0 Å². The van der Waals surface area contributed by atoms with Crippen LogP contribution in [0.2, 0.25) is 0 Å². The molecule has 8 heteroatoms. The number of rotatable bonds is 11. The van der Waals surface area contributed by atoms with Crippen LogP contribution in [0, 0.1) is 23.4 Å². The smallest absolute Gasteiger partial charge is 0.198 e. The highest BCUT2D eigenvalue weighted by Gasteiger charge is 1.97. The maximum Gasteiger partial charge on any atom is 0.198 e. The fraction of sp³-hybridized carbons (Fsp3) is 0.556. The van der Waals surface area contributed by atoms with E-state index in [1.807, 2.05) is 26.0 Å². The number of hydrogen-bond donors (Lipinski definition) is 4. The van der Waals surface area contributed by atoms with E-state index in [0.29, 0.717) is 9.54 Å². The summed E-state index contributed by atoms with van der Waals surface area (Å²) in [5, 5.41) is 6.68. The fourth-order valence-electron chi connectivity index (χ4n) is 2.73. The van der Waals surface area contributed by atoms with E-state index < -0.39 is 0 Å². The molecule has 6 nitrogen and oxygen atoms in total. The van der Waals surface area contributed by atoms with E-state index in [1.54, 1.807) is 0 Å². The van der Waals surface area contributed by atoms with Gasteiger partial charge in [0.05, 0.1) is 0 Å². The largest absolute Gasteiger partial charge is 0.370 e. The molecule has 0 aromatic carbocycles. The molecule has 26 heavy (non-hydrogen) atoms. The molecule has 0 saturated heterocycles. The van der Waals surface area contributed by atoms with Crippen molar-refractivity contribution in [1.29, 1.82) is 0 Å². The molecule has 2 heterocycles. The second-order valence-corrected chi connectivity index (χ2v) is 7.26. The Morgan fingerprint density at radius 2 is 1.12 bits per heavy atom. The monoisotopic (exact) mass is 392 g/mol. The molecule has 0 aliphatic rings. The third kappa shape index (κ3) is 8.05. The van der Waals surface area contributed by atoms with Gasteiger partial charge < -0.3 is 20.6 Å². The maximum atomic E-state index is 5.08. The SMILES string of the molecule is Cc1cc(NCCCCCCCCNc2cc(C)[nH]c(=S)n2)nc(=S)[nH]1. The molecule has 4 N–H and O–H groups in total. The minimum absolute atomic E-state index is 0.532. The third-order valence-corrected chi connectivity index (χ3v) is 4.36. The zero-order chi connectivity index (χ0) is 18.8. The number of aryl methyl sites for hydroxylation is 2. The predicted octanol–water partition coefficient (Wildman–Crippen LogP) is 5.07. The van der Waals surface area contributed by atoms with E-state index in [4.69, 9.17) is 24.4 Å². The van der Waals surface area contributed by atoms with Crippen molar-refractivity contribution in [2.75, 3.05) is 23.7 Å². The van der Waals surface area contributed by atoms with Gasteiger partial charge in [0, 0.05) is 24.5 Å². The van der Waals surface area contributed by atoms with Crippen LogP contribution < -0.4 is 10.6 Å². The summed E-state index contributed by atoms with van der Waals surface area (Å²) in [5.74, 6) is 1.73. The van der Waals surface area contributed by atoms with E-state index in [-0.39, 0.29) is 0 Å². The standard InChI is InChI=1S/C18H28N6S2/c1-13-11-15(23-17(25)21-13)19-9-7-5-3-4-6-8-10-20-16-12-14(2)22-18(26)24-16/h11-12H,3-10H2,1-2H3,(H2,19,21,23,25)(H2,20,22,24,26). The van der Waals surface area contributed by atoms with Crippen molar-refractivity contribution in [3.8, 4) is 0 Å². The van der Waals surface area contributed by atoms with Crippen LogP contribution in [0.25, 0.3) is 0 Å². The van der Waals surface area contributed by atoms with Crippen LogP contribution in [-0.4, -0.2) is 33.0 Å². The molecule has 2 aromatic heterocycles. The first-order chi connectivity index (χ1) is 12.5. The van der Waals surface area contributed by atoms with E-state index in [1.165, 1.54) is 25.7 Å². The van der Waals surface area contributed by atoms with Gasteiger partial charge in [-0.15, -0.1) is 0 Å². The van der Waals surface area contributed by atoms with Crippen molar-refractivity contribution in [3.63, 3.8) is 0 Å². The van der Waals surface area contributed by atoms with Crippen molar-refractivity contribution in [2.45, 2.75) is 52.4 Å². The van der Waals surface area contributed by atoms with Crippen LogP contribution in [0.15, 0.2) is 12.1 Å². The molecule has 0 unspecified atom stereocenters. The summed E-state index contributed by atoms with van der Waals surface area (Å²) >= 11 is 10.2. The Labute approximate surface area is 165 Å². The molecule has 0 saturated carbocycles. The van der Waals surface area contributed by atoms with Crippen molar-refractivity contribution in [1.82, 2.24) is 19.9 Å². The first-order valence-electron chi connectivity index (χ1n) is 9.16. The molecular formula is C18H28N6S2. The molecule has 0 spiro atoms. The molecule has 0 aliphatic carbocycles. The average molecular weight is 393 g/mol. The summed E-state index contributed by atoms with van der Waals surface area (Å²) in [6.45, 7) is 5.85. The first-order valence-corrected chi connectivity index (χ1v) is 9.98. The summed E-state index contributed by atoms with van der Waals surface area (Å²) in [6, 6.07) is 3.97. The van der Waals surface area contributed by atoms with Crippen LogP contribution >= 0.6 is 24.4 Å². The van der Waals surface area contributed by atoms with E-state index in [2.05, 4.69) is 30.6 Å². The predicted molar refractivity (Wildman–Crippen MR) is 113 cm³/mol. The van der Waals surface area contributed by atoms with Gasteiger partial charge in [0.15, 0.2) is 9.54 Å². The molecule has 0 aliphatic heterocycles. The number of anilines is 2. The number of nitrogens with zero attached hydrogens (tertiary/aromatic N) is 2. The van der Waals surface area contributed by atoms with Crippen molar-refractivity contribution >= 4 is 36.1 Å². The molecule has 0 atom stereocenters. The van der Waals surface area contributed by atoms with E-state index >= 15 is 0 Å². The minimum Gasteiger partial charge on any atom is -0.370 e. The first kappa shape index (κ1) is 20.5. The third-order valence-electron chi connectivity index (χ3n) is 3.97. The van der Waals surface area contributed by atoms with Crippen molar-refractivity contribution < 1.29 is 0 Å². The fourth-order valence-corrected chi connectivity index (χ4v) is 3.25. The molecule has 0 radical (unpaired) electrons. The number of nitrogens with one attached hydrogen (secondary N) is 4. The molecule has 142 valence electrons. The highest BCUT2D eigenvalue weighted by molar-refractivity contribution is 7.71. The second-order valence-electron chi connectivity index (χ2n) is 6.48.